The van der Waals surface area contributed by atoms with E-state index in [-0.39, 0.29) is 18.9 Å². The van der Waals surface area contributed by atoms with Gasteiger partial charge in [-0.1, -0.05) is 0 Å². The van der Waals surface area contributed by atoms with E-state index >= 15 is 0 Å². The predicted octanol–water partition coefficient (Wildman–Crippen LogP) is -1.16. The second-order valence-electron chi connectivity index (χ2n) is 5.81. The van der Waals surface area contributed by atoms with E-state index in [9.17, 15) is 8.42 Å². The number of nitrogens with one attached hydrogen (secondary N) is 2. The standard InChI is InChI=1S/C14H23N7O4S/c1-20-13-11(10-17-20)12(15-2-6-22)18-14(19-13)16-3-9-26(23,24)21-4-7-25-8-5-21/h10,22H,2-9H2,1H3,(H2,15,16,18,19). The Balaban J connectivity index is 1.69. The van der Waals surface area contributed by atoms with Crippen molar-refractivity contribution >= 4 is 32.8 Å². The lowest BCUT2D eigenvalue weighted by Gasteiger charge is -2.26. The first-order valence-corrected chi connectivity index (χ1v) is 9.96. The van der Waals surface area contributed by atoms with Crippen LogP contribution in [0.5, 0.6) is 0 Å². The lowest BCUT2D eigenvalue weighted by atomic mass is 10.4. The maximum absolute atomic E-state index is 12.3. The van der Waals surface area contributed by atoms with E-state index in [0.29, 0.717) is 50.3 Å². The number of ether oxygens (including phenoxy) is 1. The van der Waals surface area contributed by atoms with Gasteiger partial charge in [0.05, 0.1) is 37.2 Å². The molecular formula is C14H23N7O4S. The summed E-state index contributed by atoms with van der Waals surface area (Å²) in [5.74, 6) is 0.786. The van der Waals surface area contributed by atoms with Gasteiger partial charge < -0.3 is 20.5 Å². The van der Waals surface area contributed by atoms with Crippen molar-refractivity contribution in [2.45, 2.75) is 0 Å². The number of aryl methyl sites for hydroxylation is 1. The van der Waals surface area contributed by atoms with Gasteiger partial charge in [-0.3, -0.25) is 4.68 Å². The molecular weight excluding hydrogens is 362 g/mol. The smallest absolute Gasteiger partial charge is 0.226 e. The highest BCUT2D eigenvalue weighted by Crippen LogP contribution is 2.21. The molecule has 1 aliphatic rings. The van der Waals surface area contributed by atoms with Crippen molar-refractivity contribution < 1.29 is 18.3 Å². The molecule has 0 bridgehead atoms. The van der Waals surface area contributed by atoms with Gasteiger partial charge in [-0.2, -0.15) is 19.4 Å². The minimum atomic E-state index is -3.35. The summed E-state index contributed by atoms with van der Waals surface area (Å²) < 4.78 is 32.9. The van der Waals surface area contributed by atoms with Gasteiger partial charge in [0, 0.05) is 33.2 Å². The molecule has 2 aromatic rings. The quantitative estimate of drug-likeness (QED) is 0.514. The van der Waals surface area contributed by atoms with Gasteiger partial charge in [-0.05, 0) is 0 Å². The van der Waals surface area contributed by atoms with Crippen LogP contribution in [0.1, 0.15) is 0 Å². The number of hydrogen-bond acceptors (Lipinski definition) is 9. The summed E-state index contributed by atoms with van der Waals surface area (Å²) >= 11 is 0. The highest BCUT2D eigenvalue weighted by molar-refractivity contribution is 7.89. The van der Waals surface area contributed by atoms with Gasteiger partial charge >= 0.3 is 0 Å². The molecule has 0 amide bonds. The molecule has 0 atom stereocenters. The average Bonchev–Trinajstić information content (AvgIpc) is 3.01. The van der Waals surface area contributed by atoms with Crippen LogP contribution in [0.15, 0.2) is 6.20 Å². The minimum absolute atomic E-state index is 0.0354. The number of aliphatic hydroxyl groups excluding tert-OH is 1. The number of aliphatic hydroxyl groups is 1. The molecule has 0 radical (unpaired) electrons. The zero-order chi connectivity index (χ0) is 18.6. The van der Waals surface area contributed by atoms with Crippen LogP contribution in [0.2, 0.25) is 0 Å². The molecule has 1 saturated heterocycles. The van der Waals surface area contributed by atoms with Crippen LogP contribution >= 0.6 is 0 Å². The molecule has 3 heterocycles. The lowest BCUT2D eigenvalue weighted by molar-refractivity contribution is 0.0731. The number of morpholine rings is 1. The number of sulfonamides is 1. The Morgan fingerprint density at radius 2 is 2.00 bits per heavy atom. The van der Waals surface area contributed by atoms with E-state index in [4.69, 9.17) is 9.84 Å². The molecule has 0 unspecified atom stereocenters. The predicted molar refractivity (Wildman–Crippen MR) is 96.5 cm³/mol. The fraction of sp³-hybridized carbons (Fsp3) is 0.643. The molecule has 0 aliphatic carbocycles. The Kier molecular flexibility index (Phi) is 5.86. The van der Waals surface area contributed by atoms with Crippen LogP contribution in [-0.4, -0.2) is 89.3 Å². The zero-order valence-corrected chi connectivity index (χ0v) is 15.4. The van der Waals surface area contributed by atoms with Gasteiger partial charge in [0.2, 0.25) is 16.0 Å². The summed E-state index contributed by atoms with van der Waals surface area (Å²) in [5, 5.41) is 19.9. The number of nitrogens with zero attached hydrogens (tertiary/aromatic N) is 5. The highest BCUT2D eigenvalue weighted by atomic mass is 32.2. The first-order valence-electron chi connectivity index (χ1n) is 8.35. The maximum atomic E-state index is 12.3. The maximum Gasteiger partial charge on any atom is 0.226 e. The van der Waals surface area contributed by atoms with Crippen LogP contribution in [-0.2, 0) is 21.8 Å². The van der Waals surface area contributed by atoms with Crippen molar-refractivity contribution in [2.75, 3.05) is 62.4 Å². The number of anilines is 2. The van der Waals surface area contributed by atoms with Crippen molar-refractivity contribution in [2.24, 2.45) is 7.05 Å². The second-order valence-corrected chi connectivity index (χ2v) is 7.89. The van der Waals surface area contributed by atoms with Crippen LogP contribution < -0.4 is 10.6 Å². The molecule has 0 spiro atoms. The molecule has 3 N–H and O–H groups in total. The van der Waals surface area contributed by atoms with Crippen LogP contribution in [0.4, 0.5) is 11.8 Å². The van der Waals surface area contributed by atoms with E-state index in [0.717, 1.165) is 5.39 Å². The molecule has 12 heteroatoms. The second kappa shape index (κ2) is 8.12. The number of fused-ring (bicyclic) bond motifs is 1. The Hall–Kier alpha value is -2.02. The van der Waals surface area contributed by atoms with E-state index < -0.39 is 10.0 Å². The van der Waals surface area contributed by atoms with E-state index in [1.165, 1.54) is 4.31 Å². The van der Waals surface area contributed by atoms with Crippen molar-refractivity contribution in [1.82, 2.24) is 24.1 Å². The van der Waals surface area contributed by atoms with Crippen molar-refractivity contribution in [3.8, 4) is 0 Å². The van der Waals surface area contributed by atoms with Gasteiger partial charge in [0.15, 0.2) is 5.65 Å². The van der Waals surface area contributed by atoms with Gasteiger partial charge in [0.1, 0.15) is 5.82 Å². The summed E-state index contributed by atoms with van der Waals surface area (Å²) in [6.07, 6.45) is 1.64. The Labute approximate surface area is 151 Å². The average molecular weight is 385 g/mol. The summed E-state index contributed by atoms with van der Waals surface area (Å²) in [5.41, 5.74) is 0.610. The van der Waals surface area contributed by atoms with Crippen molar-refractivity contribution in [3.63, 3.8) is 0 Å². The minimum Gasteiger partial charge on any atom is -0.395 e. The fourth-order valence-corrected chi connectivity index (χ4v) is 3.98. The normalized spacial score (nSPS) is 16.1. The third kappa shape index (κ3) is 4.20. The largest absolute Gasteiger partial charge is 0.395 e. The Morgan fingerprint density at radius 1 is 1.23 bits per heavy atom. The molecule has 144 valence electrons. The molecule has 0 aromatic carbocycles. The van der Waals surface area contributed by atoms with Crippen molar-refractivity contribution in [1.29, 1.82) is 0 Å². The summed E-state index contributed by atoms with van der Waals surface area (Å²) in [4.78, 5) is 8.74. The molecule has 1 fully saturated rings. The third-order valence-electron chi connectivity index (χ3n) is 4.00. The number of hydrogen-bond donors (Lipinski definition) is 3. The van der Waals surface area contributed by atoms with E-state index in [1.54, 1.807) is 17.9 Å². The lowest BCUT2D eigenvalue weighted by Crippen LogP contribution is -2.42. The summed E-state index contributed by atoms with van der Waals surface area (Å²) in [7, 11) is -1.59. The molecule has 0 saturated carbocycles. The molecule has 2 aromatic heterocycles. The number of aromatic nitrogens is 4. The SMILES string of the molecule is Cn1ncc2c(NCCO)nc(NCCS(=O)(=O)N3CCOCC3)nc21. The Bertz CT molecular complexity index is 848. The van der Waals surface area contributed by atoms with Crippen LogP contribution in [0.25, 0.3) is 11.0 Å². The van der Waals surface area contributed by atoms with Crippen LogP contribution in [0.3, 0.4) is 0 Å². The van der Waals surface area contributed by atoms with Crippen molar-refractivity contribution in [3.05, 3.63) is 6.20 Å². The first kappa shape index (κ1) is 18.8. The van der Waals surface area contributed by atoms with E-state index in [1.807, 2.05) is 0 Å². The van der Waals surface area contributed by atoms with Gasteiger partial charge in [0.25, 0.3) is 0 Å². The van der Waals surface area contributed by atoms with Gasteiger partial charge in [-0.15, -0.1) is 0 Å². The summed E-state index contributed by atoms with van der Waals surface area (Å²) in [6, 6.07) is 0. The molecule has 1 aliphatic heterocycles. The number of rotatable bonds is 8. The van der Waals surface area contributed by atoms with E-state index in [2.05, 4.69) is 25.7 Å². The molecule has 11 nitrogen and oxygen atoms in total. The van der Waals surface area contributed by atoms with Crippen LogP contribution in [0, 0.1) is 0 Å². The van der Waals surface area contributed by atoms with Gasteiger partial charge in [-0.25, -0.2) is 8.42 Å². The first-order chi connectivity index (χ1) is 12.5. The highest BCUT2D eigenvalue weighted by Gasteiger charge is 2.24. The summed E-state index contributed by atoms with van der Waals surface area (Å²) in [6.45, 7) is 2.10. The Morgan fingerprint density at radius 3 is 2.73 bits per heavy atom. The fourth-order valence-electron chi connectivity index (χ4n) is 2.66. The third-order valence-corrected chi connectivity index (χ3v) is 5.87. The monoisotopic (exact) mass is 385 g/mol. The molecule has 26 heavy (non-hydrogen) atoms. The zero-order valence-electron chi connectivity index (χ0n) is 14.6. The topological polar surface area (TPSA) is 134 Å². The molecule has 3 rings (SSSR count).